The molecule has 0 bridgehead atoms. The fraction of sp³-hybridized carbons (Fsp3) is 0.467. The number of carbonyl (C=O) groups is 2. The quantitative estimate of drug-likeness (QED) is 0.851. The van der Waals surface area contributed by atoms with Crippen molar-refractivity contribution in [2.24, 2.45) is 5.73 Å². The second-order valence-corrected chi connectivity index (χ2v) is 6.22. The molecule has 5 nitrogen and oxygen atoms in total. The first-order valence-corrected chi connectivity index (χ1v) is 7.82. The molecule has 114 valence electrons. The normalized spacial score (nSPS) is 21.5. The lowest BCUT2D eigenvalue weighted by Crippen LogP contribution is -2.50. The van der Waals surface area contributed by atoms with Crippen molar-refractivity contribution in [2.75, 3.05) is 11.4 Å². The van der Waals surface area contributed by atoms with Crippen molar-refractivity contribution >= 4 is 33.5 Å². The maximum Gasteiger partial charge on any atom is 0.329 e. The van der Waals surface area contributed by atoms with Crippen molar-refractivity contribution in [3.05, 3.63) is 28.2 Å². The summed E-state index contributed by atoms with van der Waals surface area (Å²) in [7, 11) is 0. The molecule has 1 aliphatic heterocycles. The Labute approximate surface area is 132 Å². The lowest BCUT2D eigenvalue weighted by atomic mass is 9.90. The van der Waals surface area contributed by atoms with E-state index in [2.05, 4.69) is 15.9 Å². The van der Waals surface area contributed by atoms with Crippen LogP contribution in [0.3, 0.4) is 0 Å². The zero-order chi connectivity index (χ0) is 15.6. The number of nitrogens with zero attached hydrogens (tertiary/aromatic N) is 1. The second kappa shape index (κ2) is 6.05. The number of primary amides is 1. The summed E-state index contributed by atoms with van der Waals surface area (Å²) in [4.78, 5) is 25.0. The average Bonchev–Trinajstić information content (AvgIpc) is 2.83. The summed E-state index contributed by atoms with van der Waals surface area (Å²) in [6.07, 6.45) is 2.91. The molecule has 0 aliphatic carbocycles. The highest BCUT2D eigenvalue weighted by Gasteiger charge is 2.47. The third-order valence-corrected chi connectivity index (χ3v) is 4.74. The van der Waals surface area contributed by atoms with E-state index in [0.717, 1.165) is 18.5 Å². The van der Waals surface area contributed by atoms with E-state index in [9.17, 15) is 14.7 Å². The molecule has 3 N–H and O–H groups in total. The number of nitrogens with two attached hydrogens (primary N) is 1. The Hall–Kier alpha value is -1.56. The van der Waals surface area contributed by atoms with Crippen LogP contribution in [0, 0.1) is 0 Å². The molecule has 1 aliphatic rings. The number of hydrogen-bond acceptors (Lipinski definition) is 3. The molecule has 0 radical (unpaired) electrons. The SMILES string of the molecule is CCCC1(C(=O)O)CCCN1c1ccc(C(N)=O)c(Br)c1. The van der Waals surface area contributed by atoms with Gasteiger partial charge in [-0.25, -0.2) is 4.79 Å². The summed E-state index contributed by atoms with van der Waals surface area (Å²) >= 11 is 3.33. The standard InChI is InChI=1S/C15H19BrN2O3/c1-2-6-15(14(20)21)7-3-8-18(15)10-4-5-11(13(17)19)12(16)9-10/h4-5,9H,2-3,6-8H2,1H3,(H2,17,19)(H,20,21). The van der Waals surface area contributed by atoms with Crippen LogP contribution in [0.4, 0.5) is 5.69 Å². The van der Waals surface area contributed by atoms with Crippen LogP contribution < -0.4 is 10.6 Å². The van der Waals surface area contributed by atoms with Gasteiger partial charge in [0.15, 0.2) is 0 Å². The molecular formula is C15H19BrN2O3. The summed E-state index contributed by atoms with van der Waals surface area (Å²) in [5.74, 6) is -1.29. The Kier molecular flexibility index (Phi) is 4.56. The van der Waals surface area contributed by atoms with Gasteiger partial charge in [0.05, 0.1) is 5.56 Å². The van der Waals surface area contributed by atoms with Crippen LogP contribution in [-0.2, 0) is 4.79 Å². The number of carboxylic acid groups (broad SMARTS) is 1. The van der Waals surface area contributed by atoms with Gasteiger partial charge in [0.25, 0.3) is 0 Å². The largest absolute Gasteiger partial charge is 0.479 e. The number of carbonyl (C=O) groups excluding carboxylic acids is 1. The third-order valence-electron chi connectivity index (χ3n) is 4.08. The molecule has 1 unspecified atom stereocenters. The first-order valence-electron chi connectivity index (χ1n) is 7.03. The van der Waals surface area contributed by atoms with Crippen LogP contribution in [0.1, 0.15) is 43.0 Å². The fourth-order valence-corrected chi connectivity index (χ4v) is 3.69. The Morgan fingerprint density at radius 2 is 2.19 bits per heavy atom. The first-order chi connectivity index (χ1) is 9.92. The summed E-state index contributed by atoms with van der Waals surface area (Å²) < 4.78 is 0.593. The van der Waals surface area contributed by atoms with Crippen molar-refractivity contribution in [1.82, 2.24) is 0 Å². The number of anilines is 1. The van der Waals surface area contributed by atoms with Crippen LogP contribution in [0.15, 0.2) is 22.7 Å². The number of rotatable bonds is 5. The highest BCUT2D eigenvalue weighted by molar-refractivity contribution is 9.10. The molecule has 6 heteroatoms. The summed E-state index contributed by atoms with van der Waals surface area (Å²) in [6.45, 7) is 2.70. The first kappa shape index (κ1) is 15.8. The van der Waals surface area contributed by atoms with Crippen LogP contribution in [0.2, 0.25) is 0 Å². The predicted molar refractivity (Wildman–Crippen MR) is 84.5 cm³/mol. The average molecular weight is 355 g/mol. The highest BCUT2D eigenvalue weighted by atomic mass is 79.9. The zero-order valence-electron chi connectivity index (χ0n) is 11.9. The number of aliphatic carboxylic acids is 1. The number of halogens is 1. The van der Waals surface area contributed by atoms with E-state index < -0.39 is 17.4 Å². The second-order valence-electron chi connectivity index (χ2n) is 5.37. The Morgan fingerprint density at radius 3 is 2.71 bits per heavy atom. The molecule has 1 atom stereocenters. The maximum absolute atomic E-state index is 11.8. The van der Waals surface area contributed by atoms with Gasteiger partial charge < -0.3 is 15.7 Å². The number of carboxylic acids is 1. The highest BCUT2D eigenvalue weighted by Crippen LogP contribution is 2.39. The molecule has 1 fully saturated rings. The van der Waals surface area contributed by atoms with E-state index in [1.54, 1.807) is 18.2 Å². The van der Waals surface area contributed by atoms with Crippen LogP contribution in [0.25, 0.3) is 0 Å². The lowest BCUT2D eigenvalue weighted by Gasteiger charge is -2.36. The molecular weight excluding hydrogens is 336 g/mol. The summed E-state index contributed by atoms with van der Waals surface area (Å²) in [6, 6.07) is 5.18. The topological polar surface area (TPSA) is 83.6 Å². The minimum Gasteiger partial charge on any atom is -0.479 e. The molecule has 0 aromatic heterocycles. The molecule has 1 saturated heterocycles. The van der Waals surface area contributed by atoms with Crippen molar-refractivity contribution in [2.45, 2.75) is 38.1 Å². The molecule has 1 amide bonds. The Morgan fingerprint density at radius 1 is 1.48 bits per heavy atom. The van der Waals surface area contributed by atoms with Gasteiger partial charge in [0, 0.05) is 16.7 Å². The third kappa shape index (κ3) is 2.77. The van der Waals surface area contributed by atoms with Crippen molar-refractivity contribution in [3.63, 3.8) is 0 Å². The molecule has 2 rings (SSSR count). The molecule has 1 heterocycles. The van der Waals surface area contributed by atoms with E-state index in [0.29, 0.717) is 29.4 Å². The van der Waals surface area contributed by atoms with Crippen LogP contribution in [-0.4, -0.2) is 29.1 Å². The van der Waals surface area contributed by atoms with Crippen molar-refractivity contribution < 1.29 is 14.7 Å². The van der Waals surface area contributed by atoms with Crippen LogP contribution >= 0.6 is 15.9 Å². The lowest BCUT2D eigenvalue weighted by molar-refractivity contribution is -0.143. The minimum absolute atomic E-state index is 0.398. The Bertz CT molecular complexity index is 576. The van der Waals surface area contributed by atoms with Gasteiger partial charge in [-0.3, -0.25) is 4.79 Å². The van der Waals surface area contributed by atoms with E-state index in [4.69, 9.17) is 5.73 Å². The molecule has 21 heavy (non-hydrogen) atoms. The fourth-order valence-electron chi connectivity index (χ4n) is 3.13. The molecule has 0 spiro atoms. The van der Waals surface area contributed by atoms with Gasteiger partial charge in [-0.1, -0.05) is 13.3 Å². The molecule has 0 saturated carbocycles. The van der Waals surface area contributed by atoms with Crippen LogP contribution in [0.5, 0.6) is 0 Å². The van der Waals surface area contributed by atoms with Gasteiger partial charge in [0.1, 0.15) is 5.54 Å². The number of hydrogen-bond donors (Lipinski definition) is 2. The minimum atomic E-state index is -0.845. The van der Waals surface area contributed by atoms with Gasteiger partial charge in [-0.15, -0.1) is 0 Å². The van der Waals surface area contributed by atoms with Gasteiger partial charge in [-0.2, -0.15) is 0 Å². The number of amides is 1. The number of benzene rings is 1. The monoisotopic (exact) mass is 354 g/mol. The summed E-state index contributed by atoms with van der Waals surface area (Å²) in [5.41, 5.74) is 5.65. The van der Waals surface area contributed by atoms with E-state index in [1.807, 2.05) is 11.8 Å². The molecule has 1 aromatic carbocycles. The van der Waals surface area contributed by atoms with Gasteiger partial charge in [0.2, 0.25) is 5.91 Å². The molecule has 1 aromatic rings. The smallest absolute Gasteiger partial charge is 0.329 e. The predicted octanol–water partition coefficient (Wildman–Crippen LogP) is 2.77. The van der Waals surface area contributed by atoms with E-state index >= 15 is 0 Å². The van der Waals surface area contributed by atoms with Crippen molar-refractivity contribution in [1.29, 1.82) is 0 Å². The van der Waals surface area contributed by atoms with Gasteiger partial charge >= 0.3 is 5.97 Å². The Balaban J connectivity index is 2.42. The van der Waals surface area contributed by atoms with Gasteiger partial charge in [-0.05, 0) is 53.4 Å². The van der Waals surface area contributed by atoms with Crippen molar-refractivity contribution in [3.8, 4) is 0 Å². The zero-order valence-corrected chi connectivity index (χ0v) is 13.5. The maximum atomic E-state index is 11.8. The van der Waals surface area contributed by atoms with E-state index in [1.165, 1.54) is 0 Å². The summed E-state index contributed by atoms with van der Waals surface area (Å²) in [5, 5.41) is 9.71. The van der Waals surface area contributed by atoms with E-state index in [-0.39, 0.29) is 0 Å².